The van der Waals surface area contributed by atoms with Gasteiger partial charge in [0.2, 0.25) is 5.91 Å². The predicted octanol–water partition coefficient (Wildman–Crippen LogP) is 2.19. The number of urea groups is 1. The number of rotatable bonds is 4. The van der Waals surface area contributed by atoms with Crippen LogP contribution in [0.2, 0.25) is 0 Å². The number of aryl methyl sites for hydroxylation is 1. The fourth-order valence-corrected chi connectivity index (χ4v) is 3.03. The molecule has 0 aliphatic rings. The first-order valence-electron chi connectivity index (χ1n) is 7.51. The lowest BCUT2D eigenvalue weighted by Crippen LogP contribution is -2.38. The second kappa shape index (κ2) is 7.31. The van der Waals surface area contributed by atoms with Crippen LogP contribution in [0.25, 0.3) is 11.0 Å². The van der Waals surface area contributed by atoms with E-state index in [-0.39, 0.29) is 0 Å². The summed E-state index contributed by atoms with van der Waals surface area (Å²) in [5.41, 5.74) is 1.30. The monoisotopic (exact) mass is 356 g/mol. The van der Waals surface area contributed by atoms with E-state index in [0.29, 0.717) is 16.4 Å². The minimum absolute atomic E-state index is 0.408. The average Bonchev–Trinajstić information content (AvgIpc) is 2.98. The van der Waals surface area contributed by atoms with Crippen LogP contribution in [-0.2, 0) is 11.8 Å². The van der Waals surface area contributed by atoms with Crippen molar-refractivity contribution >= 4 is 40.4 Å². The fourth-order valence-electron chi connectivity index (χ4n) is 2.15. The summed E-state index contributed by atoms with van der Waals surface area (Å²) < 4.78 is 1.64. The number of nitrogens with zero attached hydrogens (tertiary/aromatic N) is 4. The molecule has 2 N–H and O–H groups in total. The van der Waals surface area contributed by atoms with E-state index in [9.17, 15) is 9.59 Å². The van der Waals surface area contributed by atoms with Gasteiger partial charge in [-0.05, 0) is 19.1 Å². The molecule has 1 unspecified atom stereocenters. The van der Waals surface area contributed by atoms with E-state index < -0.39 is 17.2 Å². The third-order valence-corrected chi connectivity index (χ3v) is 4.54. The lowest BCUT2D eigenvalue weighted by Gasteiger charge is -2.11. The predicted molar refractivity (Wildman–Crippen MR) is 95.2 cm³/mol. The first-order valence-corrected chi connectivity index (χ1v) is 8.39. The number of nitrogens with one attached hydrogen (secondary N) is 2. The number of carbonyl (C=O) groups excluding carboxylic acids is 2. The molecule has 1 atom stereocenters. The second-order valence-corrected chi connectivity index (χ2v) is 6.58. The molecule has 1 aromatic carbocycles. The number of hydrogen-bond donors (Lipinski definition) is 2. The smallest absolute Gasteiger partial charge is 0.308 e. The first-order chi connectivity index (χ1) is 12.0. The van der Waals surface area contributed by atoms with Crippen LogP contribution >= 0.6 is 11.8 Å². The number of imide groups is 1. The number of thioether (sulfide) groups is 1. The molecule has 2 aromatic heterocycles. The lowest BCUT2D eigenvalue weighted by atomic mass is 10.3. The van der Waals surface area contributed by atoms with E-state index in [4.69, 9.17) is 0 Å². The summed E-state index contributed by atoms with van der Waals surface area (Å²) in [5.74, 6) is -0.408. The number of aromatic nitrogens is 4. The van der Waals surface area contributed by atoms with Crippen molar-refractivity contribution in [3.8, 4) is 0 Å². The van der Waals surface area contributed by atoms with Crippen LogP contribution in [0.4, 0.5) is 10.5 Å². The topological polar surface area (TPSA) is 102 Å². The van der Waals surface area contributed by atoms with Gasteiger partial charge in [0.15, 0.2) is 5.65 Å². The number of hydrogen-bond acceptors (Lipinski definition) is 6. The maximum Gasteiger partial charge on any atom is 0.325 e. The summed E-state index contributed by atoms with van der Waals surface area (Å²) in [6.07, 6.45) is 3.09. The molecule has 0 aliphatic heterocycles. The Morgan fingerprint density at radius 2 is 1.96 bits per heavy atom. The number of anilines is 1. The summed E-state index contributed by atoms with van der Waals surface area (Å²) >= 11 is 1.25. The van der Waals surface area contributed by atoms with E-state index in [1.165, 1.54) is 18.1 Å². The van der Waals surface area contributed by atoms with Gasteiger partial charge >= 0.3 is 6.03 Å². The molecule has 0 aliphatic carbocycles. The molecule has 8 nitrogen and oxygen atoms in total. The Hall–Kier alpha value is -2.94. The summed E-state index contributed by atoms with van der Waals surface area (Å²) in [6.45, 7) is 1.71. The molecule has 2 heterocycles. The Kier molecular flexibility index (Phi) is 4.94. The maximum atomic E-state index is 12.2. The maximum absolute atomic E-state index is 12.2. The fraction of sp³-hybridized carbons (Fsp3) is 0.188. The van der Waals surface area contributed by atoms with E-state index in [0.717, 1.165) is 5.39 Å². The SMILES string of the molecule is CC(Sc1ncnc2c1cnn2C)C(=O)NC(=O)Nc1ccccc1. The molecule has 3 aromatic rings. The third-order valence-electron chi connectivity index (χ3n) is 3.42. The average molecular weight is 356 g/mol. The molecule has 0 saturated heterocycles. The highest BCUT2D eigenvalue weighted by Crippen LogP contribution is 2.27. The van der Waals surface area contributed by atoms with Crippen LogP contribution in [0.1, 0.15) is 6.92 Å². The summed E-state index contributed by atoms with van der Waals surface area (Å²) in [6, 6.07) is 8.34. The Bertz CT molecular complexity index is 911. The molecule has 128 valence electrons. The van der Waals surface area contributed by atoms with Gasteiger partial charge in [-0.15, -0.1) is 0 Å². The van der Waals surface area contributed by atoms with Crippen molar-refractivity contribution in [2.75, 3.05) is 5.32 Å². The molecule has 3 amide bonds. The number of benzene rings is 1. The molecule has 0 bridgehead atoms. The van der Waals surface area contributed by atoms with Crippen molar-refractivity contribution in [3.63, 3.8) is 0 Å². The van der Waals surface area contributed by atoms with Crippen LogP contribution in [-0.4, -0.2) is 36.9 Å². The van der Waals surface area contributed by atoms with E-state index in [2.05, 4.69) is 25.7 Å². The number of amides is 3. The number of carbonyl (C=O) groups is 2. The van der Waals surface area contributed by atoms with Gasteiger partial charge in [-0.2, -0.15) is 5.10 Å². The molecule has 0 spiro atoms. The molecule has 9 heteroatoms. The zero-order valence-corrected chi connectivity index (χ0v) is 14.4. The van der Waals surface area contributed by atoms with Gasteiger partial charge in [0, 0.05) is 12.7 Å². The van der Waals surface area contributed by atoms with Crippen LogP contribution < -0.4 is 10.6 Å². The van der Waals surface area contributed by atoms with Crippen molar-refractivity contribution < 1.29 is 9.59 Å². The first kappa shape index (κ1) is 16.9. The Labute approximate surface area is 148 Å². The Morgan fingerprint density at radius 3 is 2.72 bits per heavy atom. The highest BCUT2D eigenvalue weighted by molar-refractivity contribution is 8.00. The van der Waals surface area contributed by atoms with Crippen molar-refractivity contribution in [2.45, 2.75) is 17.2 Å². The molecular weight excluding hydrogens is 340 g/mol. The number of para-hydroxylation sites is 1. The van der Waals surface area contributed by atoms with Gasteiger partial charge in [-0.25, -0.2) is 14.8 Å². The van der Waals surface area contributed by atoms with Crippen molar-refractivity contribution in [1.82, 2.24) is 25.1 Å². The number of fused-ring (bicyclic) bond motifs is 1. The summed E-state index contributed by atoms with van der Waals surface area (Å²) in [4.78, 5) is 32.5. The van der Waals surface area contributed by atoms with Crippen molar-refractivity contribution in [1.29, 1.82) is 0 Å². The standard InChI is InChI=1S/C16H16N6O2S/c1-10(14(23)21-16(24)20-11-6-4-3-5-7-11)25-15-12-8-19-22(2)13(12)17-9-18-15/h3-10H,1-2H3,(H2,20,21,23,24). The Morgan fingerprint density at radius 1 is 1.20 bits per heavy atom. The molecule has 0 radical (unpaired) electrons. The zero-order chi connectivity index (χ0) is 17.8. The highest BCUT2D eigenvalue weighted by atomic mass is 32.2. The Balaban J connectivity index is 1.63. The van der Waals surface area contributed by atoms with Crippen LogP contribution in [0.3, 0.4) is 0 Å². The third kappa shape index (κ3) is 3.94. The van der Waals surface area contributed by atoms with Gasteiger partial charge < -0.3 is 5.32 Å². The highest BCUT2D eigenvalue weighted by Gasteiger charge is 2.20. The van der Waals surface area contributed by atoms with E-state index >= 15 is 0 Å². The van der Waals surface area contributed by atoms with E-state index in [1.807, 2.05) is 6.07 Å². The normalized spacial score (nSPS) is 11.9. The van der Waals surface area contributed by atoms with Crippen LogP contribution in [0.5, 0.6) is 0 Å². The zero-order valence-electron chi connectivity index (χ0n) is 13.6. The van der Waals surface area contributed by atoms with Crippen molar-refractivity contribution in [3.05, 3.63) is 42.9 Å². The minimum atomic E-state index is -0.571. The summed E-state index contributed by atoms with van der Waals surface area (Å²) in [7, 11) is 1.79. The van der Waals surface area contributed by atoms with Gasteiger partial charge in [-0.3, -0.25) is 14.8 Å². The molecular formula is C16H16N6O2S. The molecule has 3 rings (SSSR count). The molecule has 25 heavy (non-hydrogen) atoms. The lowest BCUT2D eigenvalue weighted by molar-refractivity contribution is -0.119. The molecule has 0 fully saturated rings. The van der Waals surface area contributed by atoms with Crippen LogP contribution in [0, 0.1) is 0 Å². The second-order valence-electron chi connectivity index (χ2n) is 5.25. The minimum Gasteiger partial charge on any atom is -0.308 e. The van der Waals surface area contributed by atoms with E-state index in [1.54, 1.807) is 49.1 Å². The van der Waals surface area contributed by atoms with Crippen LogP contribution in [0.15, 0.2) is 47.9 Å². The van der Waals surface area contributed by atoms with Gasteiger partial charge in [-0.1, -0.05) is 30.0 Å². The van der Waals surface area contributed by atoms with Crippen molar-refractivity contribution in [2.24, 2.45) is 7.05 Å². The van der Waals surface area contributed by atoms with Gasteiger partial charge in [0.25, 0.3) is 0 Å². The summed E-state index contributed by atoms with van der Waals surface area (Å²) in [5, 5.41) is 9.97. The van der Waals surface area contributed by atoms with Gasteiger partial charge in [0.05, 0.1) is 16.8 Å². The quantitative estimate of drug-likeness (QED) is 0.549. The van der Waals surface area contributed by atoms with Gasteiger partial charge in [0.1, 0.15) is 11.4 Å². The molecule has 0 saturated carbocycles. The largest absolute Gasteiger partial charge is 0.325 e.